The van der Waals surface area contributed by atoms with Crippen molar-refractivity contribution in [3.8, 4) is 11.5 Å². The number of benzene rings is 2. The van der Waals surface area contributed by atoms with Crippen molar-refractivity contribution >= 4 is 23.6 Å². The zero-order valence-electron chi connectivity index (χ0n) is 15.5. The number of esters is 1. The van der Waals surface area contributed by atoms with Gasteiger partial charge < -0.3 is 14.2 Å². The Hall–Kier alpha value is -3.68. The lowest BCUT2D eigenvalue weighted by molar-refractivity contribution is 0.0473. The maximum atomic E-state index is 12.4. The molecule has 0 radical (unpaired) electrons. The van der Waals surface area contributed by atoms with Gasteiger partial charge in [-0.3, -0.25) is 19.3 Å². The Kier molecular flexibility index (Phi) is 5.12. The number of hydrogen-bond acceptors (Lipinski definition) is 7. The predicted molar refractivity (Wildman–Crippen MR) is 97.0 cm³/mol. The maximum absolute atomic E-state index is 12.4. The SMILES string of the molecule is COc1ccc(C(=O)COC(=O)c2ccc3c(c2)C(=O)N(C)C3=O)c(OC)c1. The fourth-order valence-corrected chi connectivity index (χ4v) is 2.81. The Balaban J connectivity index is 1.72. The van der Waals surface area contributed by atoms with Crippen LogP contribution in [0.1, 0.15) is 41.4 Å². The van der Waals surface area contributed by atoms with Gasteiger partial charge in [0.1, 0.15) is 11.5 Å². The molecular weight excluding hydrogens is 366 g/mol. The molecule has 0 unspecified atom stereocenters. The second-order valence-corrected chi connectivity index (χ2v) is 6.00. The average Bonchev–Trinajstić information content (AvgIpc) is 2.94. The molecule has 0 bridgehead atoms. The highest BCUT2D eigenvalue weighted by molar-refractivity contribution is 6.21. The molecule has 0 aliphatic carbocycles. The van der Waals surface area contributed by atoms with E-state index >= 15 is 0 Å². The molecule has 0 N–H and O–H groups in total. The predicted octanol–water partition coefficient (Wildman–Crippen LogP) is 1.97. The summed E-state index contributed by atoms with van der Waals surface area (Å²) in [5.41, 5.74) is 0.672. The van der Waals surface area contributed by atoms with Gasteiger partial charge in [-0.1, -0.05) is 0 Å². The van der Waals surface area contributed by atoms with Crippen LogP contribution in [0, 0.1) is 0 Å². The molecule has 28 heavy (non-hydrogen) atoms. The molecule has 1 aliphatic heterocycles. The molecule has 2 aromatic carbocycles. The topological polar surface area (TPSA) is 99.2 Å². The summed E-state index contributed by atoms with van der Waals surface area (Å²) in [5, 5.41) is 0. The number of amides is 2. The van der Waals surface area contributed by atoms with Crippen LogP contribution in [0.2, 0.25) is 0 Å². The summed E-state index contributed by atoms with van der Waals surface area (Å²) in [7, 11) is 4.27. The number of imide groups is 1. The maximum Gasteiger partial charge on any atom is 0.338 e. The number of rotatable bonds is 6. The van der Waals surface area contributed by atoms with Crippen LogP contribution in [0.15, 0.2) is 36.4 Å². The van der Waals surface area contributed by atoms with Crippen LogP contribution in [0.5, 0.6) is 11.5 Å². The minimum Gasteiger partial charge on any atom is -0.497 e. The number of fused-ring (bicyclic) bond motifs is 1. The summed E-state index contributed by atoms with van der Waals surface area (Å²) < 4.78 is 15.3. The van der Waals surface area contributed by atoms with Gasteiger partial charge in [-0.25, -0.2) is 4.79 Å². The van der Waals surface area contributed by atoms with Gasteiger partial charge in [0.15, 0.2) is 6.61 Å². The first-order valence-electron chi connectivity index (χ1n) is 8.26. The van der Waals surface area contributed by atoms with Crippen LogP contribution in [0.25, 0.3) is 0 Å². The Morgan fingerprint density at radius 1 is 0.929 bits per heavy atom. The molecule has 8 nitrogen and oxygen atoms in total. The molecular formula is C20H17NO7. The highest BCUT2D eigenvalue weighted by Gasteiger charge is 2.33. The van der Waals surface area contributed by atoms with Gasteiger partial charge in [0.05, 0.1) is 36.5 Å². The molecule has 3 rings (SSSR count). The molecule has 144 valence electrons. The molecule has 0 spiro atoms. The van der Waals surface area contributed by atoms with Crippen molar-refractivity contribution in [2.45, 2.75) is 0 Å². The van der Waals surface area contributed by atoms with Crippen molar-refractivity contribution in [1.29, 1.82) is 0 Å². The van der Waals surface area contributed by atoms with Crippen LogP contribution < -0.4 is 9.47 Å². The molecule has 1 aliphatic rings. The molecule has 0 atom stereocenters. The molecule has 0 saturated carbocycles. The first kappa shape index (κ1) is 19.1. The molecule has 1 heterocycles. The fraction of sp³-hybridized carbons (Fsp3) is 0.200. The van der Waals surface area contributed by atoms with Crippen molar-refractivity contribution in [1.82, 2.24) is 4.90 Å². The van der Waals surface area contributed by atoms with Gasteiger partial charge in [-0.2, -0.15) is 0 Å². The van der Waals surface area contributed by atoms with Gasteiger partial charge in [-0.15, -0.1) is 0 Å². The van der Waals surface area contributed by atoms with Crippen LogP contribution >= 0.6 is 0 Å². The van der Waals surface area contributed by atoms with E-state index in [1.807, 2.05) is 0 Å². The second-order valence-electron chi connectivity index (χ2n) is 6.00. The lowest BCUT2D eigenvalue weighted by atomic mass is 10.1. The van der Waals surface area contributed by atoms with E-state index in [-0.39, 0.29) is 22.3 Å². The Morgan fingerprint density at radius 3 is 2.32 bits per heavy atom. The van der Waals surface area contributed by atoms with Crippen LogP contribution in [0.4, 0.5) is 0 Å². The van der Waals surface area contributed by atoms with E-state index in [1.54, 1.807) is 12.1 Å². The van der Waals surface area contributed by atoms with E-state index in [2.05, 4.69) is 0 Å². The smallest absolute Gasteiger partial charge is 0.338 e. The van der Waals surface area contributed by atoms with Crippen LogP contribution in [0.3, 0.4) is 0 Å². The highest BCUT2D eigenvalue weighted by Crippen LogP contribution is 2.26. The van der Waals surface area contributed by atoms with Gasteiger partial charge >= 0.3 is 5.97 Å². The first-order valence-corrected chi connectivity index (χ1v) is 8.26. The molecule has 0 aromatic heterocycles. The summed E-state index contributed by atoms with van der Waals surface area (Å²) in [5.74, 6) is -1.34. The normalized spacial score (nSPS) is 12.6. The van der Waals surface area contributed by atoms with Gasteiger partial charge in [0.2, 0.25) is 5.78 Å². The third kappa shape index (κ3) is 3.32. The molecule has 2 aromatic rings. The van der Waals surface area contributed by atoms with Crippen LogP contribution in [-0.4, -0.2) is 56.3 Å². The lowest BCUT2D eigenvalue weighted by Crippen LogP contribution is -2.24. The summed E-state index contributed by atoms with van der Waals surface area (Å²) in [6, 6.07) is 8.73. The third-order valence-electron chi connectivity index (χ3n) is 4.37. The van der Waals surface area contributed by atoms with Gasteiger partial charge in [-0.05, 0) is 30.3 Å². The van der Waals surface area contributed by atoms with Crippen LogP contribution in [-0.2, 0) is 4.74 Å². The molecule has 8 heteroatoms. The van der Waals surface area contributed by atoms with Crippen molar-refractivity contribution in [2.24, 2.45) is 0 Å². The largest absolute Gasteiger partial charge is 0.497 e. The number of carbonyl (C=O) groups excluding carboxylic acids is 4. The van der Waals surface area contributed by atoms with E-state index in [1.165, 1.54) is 45.5 Å². The Labute approximate surface area is 160 Å². The van der Waals surface area contributed by atoms with Gasteiger partial charge in [0.25, 0.3) is 11.8 Å². The lowest BCUT2D eigenvalue weighted by Gasteiger charge is -2.10. The monoisotopic (exact) mass is 383 g/mol. The van der Waals surface area contributed by atoms with Gasteiger partial charge in [0, 0.05) is 13.1 Å². The minimum atomic E-state index is -0.779. The highest BCUT2D eigenvalue weighted by atomic mass is 16.5. The number of ether oxygens (including phenoxy) is 3. The number of methoxy groups -OCH3 is 2. The van der Waals surface area contributed by atoms with E-state index in [4.69, 9.17) is 14.2 Å². The zero-order chi connectivity index (χ0) is 20.4. The number of nitrogens with zero attached hydrogens (tertiary/aromatic N) is 1. The summed E-state index contributed by atoms with van der Waals surface area (Å²) in [4.78, 5) is 49.5. The Morgan fingerprint density at radius 2 is 1.64 bits per heavy atom. The first-order chi connectivity index (χ1) is 13.4. The van der Waals surface area contributed by atoms with E-state index in [0.29, 0.717) is 11.5 Å². The van der Waals surface area contributed by atoms with Crippen molar-refractivity contribution in [3.05, 3.63) is 58.7 Å². The molecule has 2 amide bonds. The number of hydrogen-bond donors (Lipinski definition) is 0. The van der Waals surface area contributed by atoms with Crippen molar-refractivity contribution in [2.75, 3.05) is 27.9 Å². The molecule has 0 saturated heterocycles. The summed E-state index contributed by atoms with van der Waals surface area (Å²) in [6.45, 7) is -0.509. The number of ketones is 1. The summed E-state index contributed by atoms with van der Waals surface area (Å²) in [6.07, 6.45) is 0. The second kappa shape index (κ2) is 7.51. The number of Topliss-reactive ketones (excluding diaryl/α,β-unsaturated/α-hetero) is 1. The van der Waals surface area contributed by atoms with Crippen molar-refractivity contribution in [3.63, 3.8) is 0 Å². The van der Waals surface area contributed by atoms with Crippen molar-refractivity contribution < 1.29 is 33.4 Å². The van der Waals surface area contributed by atoms with E-state index in [0.717, 1.165) is 4.90 Å². The fourth-order valence-electron chi connectivity index (χ4n) is 2.81. The molecule has 0 fully saturated rings. The third-order valence-corrected chi connectivity index (χ3v) is 4.37. The Bertz CT molecular complexity index is 996. The van der Waals surface area contributed by atoms with E-state index in [9.17, 15) is 19.2 Å². The number of carbonyl (C=O) groups is 4. The average molecular weight is 383 g/mol. The standard InChI is InChI=1S/C20H17NO7/c1-21-18(23)13-6-4-11(8-15(13)19(21)24)20(25)28-10-16(22)14-7-5-12(26-2)9-17(14)27-3/h4-9H,10H2,1-3H3. The minimum absolute atomic E-state index is 0.0738. The quantitative estimate of drug-likeness (QED) is 0.427. The zero-order valence-corrected chi connectivity index (χ0v) is 15.5. The summed E-state index contributed by atoms with van der Waals surface area (Å²) >= 11 is 0. The van der Waals surface area contributed by atoms with E-state index < -0.39 is 30.2 Å².